The van der Waals surface area contributed by atoms with E-state index < -0.39 is 29.7 Å². The van der Waals surface area contributed by atoms with Gasteiger partial charge in [-0.15, -0.1) is 0 Å². The molecule has 0 saturated heterocycles. The van der Waals surface area contributed by atoms with E-state index in [0.29, 0.717) is 5.70 Å². The van der Waals surface area contributed by atoms with Crippen molar-refractivity contribution in [2.75, 3.05) is 6.61 Å². The van der Waals surface area contributed by atoms with Crippen molar-refractivity contribution in [1.29, 1.82) is 0 Å². The SMILES string of the molecule is CCOC(=O)C1=C(C)N(Cc2ccccc2)C(=O)NC1c1ccc(F)cc1F. The standard InChI is InChI=1S/C21H20F2N2O3/c1-3-28-20(26)18-13(2)25(12-14-7-5-4-6-8-14)21(27)24-19(18)16-10-9-15(22)11-17(16)23/h4-11,19H,3,12H2,1-2H3,(H,24,27). The van der Waals surface area contributed by atoms with Crippen molar-refractivity contribution in [2.45, 2.75) is 26.4 Å². The van der Waals surface area contributed by atoms with Crippen molar-refractivity contribution >= 4 is 12.0 Å². The molecule has 2 aromatic carbocycles. The van der Waals surface area contributed by atoms with Gasteiger partial charge in [0.25, 0.3) is 0 Å². The lowest BCUT2D eigenvalue weighted by Crippen LogP contribution is -2.47. The smallest absolute Gasteiger partial charge is 0.338 e. The van der Waals surface area contributed by atoms with Gasteiger partial charge in [-0.25, -0.2) is 18.4 Å². The number of benzene rings is 2. The van der Waals surface area contributed by atoms with E-state index >= 15 is 0 Å². The maximum atomic E-state index is 14.4. The van der Waals surface area contributed by atoms with Crippen LogP contribution < -0.4 is 5.32 Å². The lowest BCUT2D eigenvalue weighted by molar-refractivity contribution is -0.139. The normalized spacial score (nSPS) is 16.8. The molecule has 0 spiro atoms. The molecule has 1 N–H and O–H groups in total. The van der Waals surface area contributed by atoms with E-state index in [4.69, 9.17) is 4.74 Å². The molecule has 146 valence electrons. The van der Waals surface area contributed by atoms with Crippen molar-refractivity contribution in [1.82, 2.24) is 10.2 Å². The molecule has 2 aromatic rings. The van der Waals surface area contributed by atoms with E-state index in [1.165, 1.54) is 11.0 Å². The van der Waals surface area contributed by atoms with E-state index in [1.807, 2.05) is 30.3 Å². The molecule has 5 nitrogen and oxygen atoms in total. The molecule has 1 heterocycles. The fourth-order valence-electron chi connectivity index (χ4n) is 3.18. The molecule has 0 bridgehead atoms. The second-order valence-electron chi connectivity index (χ2n) is 6.34. The first-order valence-corrected chi connectivity index (χ1v) is 8.87. The maximum absolute atomic E-state index is 14.4. The Labute approximate surface area is 161 Å². The molecule has 1 atom stereocenters. The van der Waals surface area contributed by atoms with Gasteiger partial charge in [-0.05, 0) is 25.5 Å². The number of allylic oxidation sites excluding steroid dienone is 1. The van der Waals surface area contributed by atoms with Crippen molar-refractivity contribution in [3.05, 3.63) is 82.6 Å². The van der Waals surface area contributed by atoms with Crippen LogP contribution in [0.1, 0.15) is 31.0 Å². The summed E-state index contributed by atoms with van der Waals surface area (Å²) in [5, 5.41) is 2.65. The Bertz CT molecular complexity index is 929. The Hall–Kier alpha value is -3.22. The third-order valence-corrected chi connectivity index (χ3v) is 4.55. The minimum absolute atomic E-state index is 0.00323. The number of rotatable bonds is 5. The number of nitrogens with zero attached hydrogens (tertiary/aromatic N) is 1. The van der Waals surface area contributed by atoms with E-state index in [-0.39, 0.29) is 24.3 Å². The summed E-state index contributed by atoms with van der Waals surface area (Å²) in [5.41, 5.74) is 1.34. The number of urea groups is 1. The quantitative estimate of drug-likeness (QED) is 0.788. The first-order valence-electron chi connectivity index (χ1n) is 8.87. The molecule has 3 rings (SSSR count). The Morgan fingerprint density at radius 1 is 1.18 bits per heavy atom. The highest BCUT2D eigenvalue weighted by atomic mass is 19.1. The number of nitrogens with one attached hydrogen (secondary N) is 1. The van der Waals surface area contributed by atoms with E-state index in [9.17, 15) is 18.4 Å². The van der Waals surface area contributed by atoms with Crippen LogP contribution in [0.4, 0.5) is 13.6 Å². The minimum atomic E-state index is -1.07. The van der Waals surface area contributed by atoms with Crippen molar-refractivity contribution in [3.8, 4) is 0 Å². The molecule has 7 heteroatoms. The lowest BCUT2D eigenvalue weighted by Gasteiger charge is -2.35. The number of hydrogen-bond acceptors (Lipinski definition) is 3. The van der Waals surface area contributed by atoms with Gasteiger partial charge in [-0.3, -0.25) is 4.90 Å². The summed E-state index contributed by atoms with van der Waals surface area (Å²) in [7, 11) is 0. The molecule has 1 unspecified atom stereocenters. The van der Waals surface area contributed by atoms with Gasteiger partial charge in [-0.2, -0.15) is 0 Å². The molecule has 0 fully saturated rings. The highest BCUT2D eigenvalue weighted by Gasteiger charge is 2.37. The summed E-state index contributed by atoms with van der Waals surface area (Å²) in [6.45, 7) is 3.63. The fourth-order valence-corrected chi connectivity index (χ4v) is 3.18. The number of ether oxygens (including phenoxy) is 1. The fraction of sp³-hybridized carbons (Fsp3) is 0.238. The van der Waals surface area contributed by atoms with Crippen LogP contribution >= 0.6 is 0 Å². The molecule has 2 amide bonds. The van der Waals surface area contributed by atoms with Crippen molar-refractivity contribution in [2.24, 2.45) is 0 Å². The zero-order valence-corrected chi connectivity index (χ0v) is 15.5. The largest absolute Gasteiger partial charge is 0.463 e. The van der Waals surface area contributed by atoms with Gasteiger partial charge in [0.05, 0.1) is 24.8 Å². The third kappa shape index (κ3) is 3.88. The van der Waals surface area contributed by atoms with Crippen LogP contribution in [-0.2, 0) is 16.1 Å². The summed E-state index contributed by atoms with van der Waals surface area (Å²) in [6, 6.07) is 10.7. The van der Waals surface area contributed by atoms with Gasteiger partial charge in [0.2, 0.25) is 0 Å². The van der Waals surface area contributed by atoms with Gasteiger partial charge in [0.1, 0.15) is 11.6 Å². The third-order valence-electron chi connectivity index (χ3n) is 4.55. The summed E-state index contributed by atoms with van der Waals surface area (Å²) >= 11 is 0. The monoisotopic (exact) mass is 386 g/mol. The summed E-state index contributed by atoms with van der Waals surface area (Å²) in [5.74, 6) is -2.25. The number of carbonyl (C=O) groups excluding carboxylic acids is 2. The van der Waals surface area contributed by atoms with E-state index in [1.54, 1.807) is 13.8 Å². The van der Waals surface area contributed by atoms with Gasteiger partial charge in [-0.1, -0.05) is 36.4 Å². The van der Waals surface area contributed by atoms with Crippen LogP contribution in [0.2, 0.25) is 0 Å². The van der Waals surface area contributed by atoms with E-state index in [2.05, 4.69) is 5.32 Å². The number of hydrogen-bond donors (Lipinski definition) is 1. The summed E-state index contributed by atoms with van der Waals surface area (Å²) < 4.78 is 32.8. The Morgan fingerprint density at radius 3 is 2.54 bits per heavy atom. The Balaban J connectivity index is 2.06. The zero-order chi connectivity index (χ0) is 20.3. The van der Waals surface area contributed by atoms with Crippen LogP contribution in [0.3, 0.4) is 0 Å². The molecule has 1 aliphatic rings. The molecule has 0 aliphatic carbocycles. The predicted octanol–water partition coefficient (Wildman–Crippen LogP) is 4.07. The second kappa shape index (κ2) is 8.21. The number of halogens is 2. The Kier molecular flexibility index (Phi) is 5.73. The molecular weight excluding hydrogens is 366 g/mol. The van der Waals surface area contributed by atoms with Crippen LogP contribution in [0, 0.1) is 11.6 Å². The minimum Gasteiger partial charge on any atom is -0.463 e. The Morgan fingerprint density at radius 2 is 1.89 bits per heavy atom. The van der Waals surface area contributed by atoms with Crippen LogP contribution in [-0.4, -0.2) is 23.5 Å². The zero-order valence-electron chi connectivity index (χ0n) is 15.5. The topological polar surface area (TPSA) is 58.6 Å². The maximum Gasteiger partial charge on any atom is 0.338 e. The van der Waals surface area contributed by atoms with Crippen molar-refractivity contribution < 1.29 is 23.1 Å². The highest BCUT2D eigenvalue weighted by molar-refractivity contribution is 5.95. The van der Waals surface area contributed by atoms with Crippen LogP contribution in [0.25, 0.3) is 0 Å². The van der Waals surface area contributed by atoms with Crippen LogP contribution in [0.5, 0.6) is 0 Å². The summed E-state index contributed by atoms with van der Waals surface area (Å²) in [4.78, 5) is 26.8. The molecule has 0 radical (unpaired) electrons. The number of esters is 1. The lowest BCUT2D eigenvalue weighted by atomic mass is 9.94. The summed E-state index contributed by atoms with van der Waals surface area (Å²) in [6.07, 6.45) is 0. The second-order valence-corrected chi connectivity index (χ2v) is 6.34. The van der Waals surface area contributed by atoms with Gasteiger partial charge in [0, 0.05) is 17.3 Å². The van der Waals surface area contributed by atoms with E-state index in [0.717, 1.165) is 17.7 Å². The van der Waals surface area contributed by atoms with Gasteiger partial charge >= 0.3 is 12.0 Å². The first kappa shape index (κ1) is 19.5. The van der Waals surface area contributed by atoms with Gasteiger partial charge in [0.15, 0.2) is 0 Å². The predicted molar refractivity (Wildman–Crippen MR) is 98.9 cm³/mol. The molecule has 0 saturated carbocycles. The highest BCUT2D eigenvalue weighted by Crippen LogP contribution is 2.33. The average Bonchev–Trinajstić information content (AvgIpc) is 2.66. The molecule has 1 aliphatic heterocycles. The van der Waals surface area contributed by atoms with Gasteiger partial charge < -0.3 is 10.1 Å². The van der Waals surface area contributed by atoms with Crippen LogP contribution in [0.15, 0.2) is 59.8 Å². The molecular formula is C21H20F2N2O3. The van der Waals surface area contributed by atoms with Crippen molar-refractivity contribution in [3.63, 3.8) is 0 Å². The first-order chi connectivity index (χ1) is 13.4. The molecule has 0 aromatic heterocycles. The molecule has 28 heavy (non-hydrogen) atoms. The average molecular weight is 386 g/mol. The number of carbonyl (C=O) groups is 2. The number of amides is 2.